The molecule has 0 aromatic heterocycles. The summed E-state index contributed by atoms with van der Waals surface area (Å²) in [6.45, 7) is 4.52. The largest absolute Gasteiger partial charge is 0.353 e. The molecule has 3 rings (SSSR count). The quantitative estimate of drug-likeness (QED) is 0.805. The van der Waals surface area contributed by atoms with Gasteiger partial charge in [0.2, 0.25) is 0 Å². The molecule has 1 N–H and O–H groups in total. The van der Waals surface area contributed by atoms with E-state index in [0.717, 1.165) is 6.54 Å². The number of rotatable bonds is 1. The molecule has 0 bridgehead atoms. The molecular weight excluding hydrogens is 233 g/mol. The minimum Gasteiger partial charge on any atom is -0.353 e. The number of carbonyl (C=O) groups excluding carboxylic acids is 1. The molecule has 1 amide bonds. The number of benzene rings is 1. The second-order valence-corrected chi connectivity index (χ2v) is 4.60. The molecule has 0 radical (unpaired) electrons. The van der Waals surface area contributed by atoms with Crippen LogP contribution in [0.5, 0.6) is 0 Å². The third-order valence-electron chi connectivity index (χ3n) is 3.65. The number of anilines is 2. The first-order valence-electron chi connectivity index (χ1n) is 6.31. The molecular formula is C13H16FN3O. The number of nitrogens with zero attached hydrogens (tertiary/aromatic N) is 2. The summed E-state index contributed by atoms with van der Waals surface area (Å²) in [5, 5.41) is 3.20. The van der Waals surface area contributed by atoms with Crippen molar-refractivity contribution in [3.63, 3.8) is 0 Å². The zero-order valence-electron chi connectivity index (χ0n) is 10.3. The van der Waals surface area contributed by atoms with Gasteiger partial charge in [0.25, 0.3) is 5.91 Å². The van der Waals surface area contributed by atoms with Gasteiger partial charge in [-0.15, -0.1) is 0 Å². The SMILES string of the molecule is CCN1C(=O)C2CNCCN2c2c(F)cccc21. The highest BCUT2D eigenvalue weighted by molar-refractivity contribution is 6.05. The molecule has 0 saturated carbocycles. The summed E-state index contributed by atoms with van der Waals surface area (Å²) in [4.78, 5) is 16.0. The number of piperazine rings is 1. The molecule has 1 unspecified atom stereocenters. The first-order chi connectivity index (χ1) is 8.74. The maximum atomic E-state index is 14.1. The van der Waals surface area contributed by atoms with Gasteiger partial charge in [-0.05, 0) is 19.1 Å². The number of halogens is 1. The highest BCUT2D eigenvalue weighted by atomic mass is 19.1. The molecule has 1 aromatic rings. The molecule has 1 atom stereocenters. The lowest BCUT2D eigenvalue weighted by Gasteiger charge is -2.45. The summed E-state index contributed by atoms with van der Waals surface area (Å²) in [6.07, 6.45) is 0. The Balaban J connectivity index is 2.16. The van der Waals surface area contributed by atoms with Gasteiger partial charge in [0, 0.05) is 26.2 Å². The van der Waals surface area contributed by atoms with Gasteiger partial charge in [-0.1, -0.05) is 6.07 Å². The van der Waals surface area contributed by atoms with E-state index in [2.05, 4.69) is 5.32 Å². The van der Waals surface area contributed by atoms with Crippen LogP contribution in [-0.4, -0.2) is 38.1 Å². The van der Waals surface area contributed by atoms with Crippen molar-refractivity contribution in [2.24, 2.45) is 0 Å². The van der Waals surface area contributed by atoms with Crippen molar-refractivity contribution in [1.29, 1.82) is 0 Å². The van der Waals surface area contributed by atoms with Crippen LogP contribution in [0.1, 0.15) is 6.92 Å². The molecule has 2 aliphatic heterocycles. The van der Waals surface area contributed by atoms with Gasteiger partial charge in [-0.25, -0.2) is 4.39 Å². The minimum absolute atomic E-state index is 0.0581. The van der Waals surface area contributed by atoms with Gasteiger partial charge < -0.3 is 15.1 Å². The Labute approximate surface area is 105 Å². The van der Waals surface area contributed by atoms with E-state index in [0.29, 0.717) is 31.0 Å². The monoisotopic (exact) mass is 249 g/mol. The lowest BCUT2D eigenvalue weighted by Crippen LogP contribution is -2.62. The Kier molecular flexibility index (Phi) is 2.70. The molecule has 0 spiro atoms. The van der Waals surface area contributed by atoms with Crippen molar-refractivity contribution in [3.05, 3.63) is 24.0 Å². The maximum absolute atomic E-state index is 14.1. The summed E-state index contributed by atoms with van der Waals surface area (Å²) >= 11 is 0. The van der Waals surface area contributed by atoms with Crippen molar-refractivity contribution >= 4 is 17.3 Å². The lowest BCUT2D eigenvalue weighted by atomic mass is 10.0. The van der Waals surface area contributed by atoms with E-state index < -0.39 is 0 Å². The van der Waals surface area contributed by atoms with E-state index in [9.17, 15) is 9.18 Å². The van der Waals surface area contributed by atoms with Crippen molar-refractivity contribution < 1.29 is 9.18 Å². The predicted molar refractivity (Wildman–Crippen MR) is 68.4 cm³/mol. The van der Waals surface area contributed by atoms with E-state index in [4.69, 9.17) is 0 Å². The highest BCUT2D eigenvalue weighted by Crippen LogP contribution is 2.38. The summed E-state index contributed by atoms with van der Waals surface area (Å²) in [6, 6.07) is 4.66. The molecule has 0 aliphatic carbocycles. The van der Waals surface area contributed by atoms with Crippen LogP contribution in [0.25, 0.3) is 0 Å². The number of amides is 1. The topological polar surface area (TPSA) is 35.6 Å². The third-order valence-corrected chi connectivity index (χ3v) is 3.65. The van der Waals surface area contributed by atoms with E-state index in [1.54, 1.807) is 11.0 Å². The zero-order valence-corrected chi connectivity index (χ0v) is 10.3. The molecule has 18 heavy (non-hydrogen) atoms. The molecule has 1 fully saturated rings. The molecule has 2 heterocycles. The zero-order chi connectivity index (χ0) is 12.7. The number of likely N-dealkylation sites (N-methyl/N-ethyl adjacent to an activating group) is 1. The fourth-order valence-corrected chi connectivity index (χ4v) is 2.82. The van der Waals surface area contributed by atoms with Crippen LogP contribution in [0.3, 0.4) is 0 Å². The van der Waals surface area contributed by atoms with Crippen molar-refractivity contribution in [3.8, 4) is 0 Å². The van der Waals surface area contributed by atoms with Gasteiger partial charge >= 0.3 is 0 Å². The van der Waals surface area contributed by atoms with Gasteiger partial charge in [-0.2, -0.15) is 0 Å². The normalized spacial score (nSPS) is 22.8. The second-order valence-electron chi connectivity index (χ2n) is 4.60. The van der Waals surface area contributed by atoms with Gasteiger partial charge in [0.1, 0.15) is 11.9 Å². The average molecular weight is 249 g/mol. The number of hydrogen-bond donors (Lipinski definition) is 1. The van der Waals surface area contributed by atoms with Crippen LogP contribution in [0.4, 0.5) is 15.8 Å². The second kappa shape index (κ2) is 4.24. The molecule has 1 saturated heterocycles. The molecule has 4 nitrogen and oxygen atoms in total. The van der Waals surface area contributed by atoms with E-state index in [-0.39, 0.29) is 17.8 Å². The Morgan fingerprint density at radius 1 is 1.50 bits per heavy atom. The van der Waals surface area contributed by atoms with Crippen LogP contribution in [0, 0.1) is 5.82 Å². The number of hydrogen-bond acceptors (Lipinski definition) is 3. The molecule has 5 heteroatoms. The number of nitrogens with one attached hydrogen (secondary N) is 1. The number of fused-ring (bicyclic) bond motifs is 3. The highest BCUT2D eigenvalue weighted by Gasteiger charge is 2.40. The van der Waals surface area contributed by atoms with Gasteiger partial charge in [-0.3, -0.25) is 4.79 Å². The average Bonchev–Trinajstić information content (AvgIpc) is 2.39. The van der Waals surface area contributed by atoms with Crippen molar-refractivity contribution in [1.82, 2.24) is 5.32 Å². The molecule has 1 aromatic carbocycles. The first kappa shape index (κ1) is 11.5. The molecule has 2 aliphatic rings. The minimum atomic E-state index is -0.275. The van der Waals surface area contributed by atoms with E-state index in [1.807, 2.05) is 17.9 Å². The van der Waals surface area contributed by atoms with Crippen molar-refractivity contribution in [2.75, 3.05) is 36.0 Å². The summed E-state index contributed by atoms with van der Waals surface area (Å²) in [5.41, 5.74) is 1.27. The number of carbonyl (C=O) groups is 1. The number of para-hydroxylation sites is 1. The van der Waals surface area contributed by atoms with E-state index >= 15 is 0 Å². The Hall–Kier alpha value is -1.62. The van der Waals surface area contributed by atoms with Crippen LogP contribution < -0.4 is 15.1 Å². The summed E-state index contributed by atoms with van der Waals surface area (Å²) in [7, 11) is 0. The van der Waals surface area contributed by atoms with Crippen LogP contribution in [0.15, 0.2) is 18.2 Å². The fourth-order valence-electron chi connectivity index (χ4n) is 2.82. The smallest absolute Gasteiger partial charge is 0.251 e. The predicted octanol–water partition coefficient (Wildman–Crippen LogP) is 0.970. The van der Waals surface area contributed by atoms with Crippen molar-refractivity contribution in [2.45, 2.75) is 13.0 Å². The Morgan fingerprint density at radius 2 is 2.33 bits per heavy atom. The maximum Gasteiger partial charge on any atom is 0.251 e. The van der Waals surface area contributed by atoms with Gasteiger partial charge in [0.15, 0.2) is 0 Å². The van der Waals surface area contributed by atoms with Crippen LogP contribution >= 0.6 is 0 Å². The summed E-state index contributed by atoms with van der Waals surface area (Å²) < 4.78 is 14.1. The fraction of sp³-hybridized carbons (Fsp3) is 0.462. The molecule has 96 valence electrons. The standard InChI is InChI=1S/C13H16FN3O/c1-2-16-10-5-3-4-9(14)12(10)17-7-6-15-8-11(17)13(16)18/h3-5,11,15H,2,6-8H2,1H3. The van der Waals surface area contributed by atoms with E-state index in [1.165, 1.54) is 6.07 Å². The van der Waals surface area contributed by atoms with Crippen LogP contribution in [-0.2, 0) is 4.79 Å². The Morgan fingerprint density at radius 3 is 3.11 bits per heavy atom. The Bertz CT molecular complexity index is 491. The van der Waals surface area contributed by atoms with Gasteiger partial charge in [0.05, 0.1) is 11.4 Å². The first-order valence-corrected chi connectivity index (χ1v) is 6.31. The van der Waals surface area contributed by atoms with Crippen LogP contribution in [0.2, 0.25) is 0 Å². The lowest BCUT2D eigenvalue weighted by molar-refractivity contribution is -0.120. The summed E-state index contributed by atoms with van der Waals surface area (Å²) in [5.74, 6) is -0.187. The third kappa shape index (κ3) is 1.50.